The van der Waals surface area contributed by atoms with E-state index in [1.165, 1.54) is 49.9 Å². The van der Waals surface area contributed by atoms with Crippen LogP contribution >= 0.6 is 0 Å². The second kappa shape index (κ2) is 14.1. The number of furan rings is 1. The lowest BCUT2D eigenvalue weighted by molar-refractivity contribution is 0.674. The molecule has 0 fully saturated rings. The molecule has 0 N–H and O–H groups in total. The van der Waals surface area contributed by atoms with E-state index in [-0.39, 0.29) is 0 Å². The van der Waals surface area contributed by atoms with Crippen molar-refractivity contribution in [2.75, 3.05) is 4.90 Å². The molecule has 61 heavy (non-hydrogen) atoms. The highest BCUT2D eigenvalue weighted by molar-refractivity contribution is 6.17. The zero-order valence-electron chi connectivity index (χ0n) is 33.4. The number of hydrogen-bond acceptors (Lipinski definition) is 2. The first-order valence-electron chi connectivity index (χ1n) is 21.0. The summed E-state index contributed by atoms with van der Waals surface area (Å²) in [5.74, 6) is 0. The molecule has 12 rings (SSSR count). The fourth-order valence-corrected chi connectivity index (χ4v) is 10.00. The number of rotatable bonds is 7. The van der Waals surface area contributed by atoms with Gasteiger partial charge in [0.2, 0.25) is 0 Å². The molecule has 2 nitrogen and oxygen atoms in total. The van der Waals surface area contributed by atoms with Crippen LogP contribution in [-0.4, -0.2) is 0 Å². The number of para-hydroxylation sites is 1. The highest BCUT2D eigenvalue weighted by Gasteiger charge is 2.45. The first kappa shape index (κ1) is 35.0. The molecule has 1 aliphatic rings. The molecular weight excluding hydrogens is 739 g/mol. The highest BCUT2D eigenvalue weighted by Crippen LogP contribution is 2.56. The summed E-state index contributed by atoms with van der Waals surface area (Å²) in [6, 6.07) is 85.8. The van der Waals surface area contributed by atoms with E-state index in [9.17, 15) is 0 Å². The number of benzene rings is 10. The summed E-state index contributed by atoms with van der Waals surface area (Å²) in [6.45, 7) is 0. The summed E-state index contributed by atoms with van der Waals surface area (Å²) >= 11 is 0. The summed E-state index contributed by atoms with van der Waals surface area (Å²) in [5.41, 5.74) is 16.9. The van der Waals surface area contributed by atoms with Crippen LogP contribution in [0.1, 0.15) is 22.3 Å². The van der Waals surface area contributed by atoms with Crippen LogP contribution in [0.4, 0.5) is 17.1 Å². The van der Waals surface area contributed by atoms with Crippen molar-refractivity contribution >= 4 is 49.8 Å². The molecule has 1 aromatic heterocycles. The Balaban J connectivity index is 0.987. The van der Waals surface area contributed by atoms with E-state index in [0.29, 0.717) is 0 Å². The van der Waals surface area contributed by atoms with Crippen molar-refractivity contribution in [1.82, 2.24) is 0 Å². The second-order valence-corrected chi connectivity index (χ2v) is 16.0. The number of nitrogens with zero attached hydrogens (tertiary/aromatic N) is 1. The van der Waals surface area contributed by atoms with Crippen molar-refractivity contribution in [2.24, 2.45) is 0 Å². The van der Waals surface area contributed by atoms with Crippen molar-refractivity contribution in [1.29, 1.82) is 0 Å². The standard InChI is InChI=1S/C59H39NO/c1-3-14-40(15-4-1)41-26-33-46(34-27-41)60(47-35-28-43(29-36-47)50-22-13-23-53-54-39-30-42-16-7-8-19-49(42)58(54)61-57(50)53)48-37-31-45(32-38-48)59(44-17-5-2-6-18-44)55-24-11-9-20-51(55)52-21-10-12-25-56(52)59/h1-39H. The van der Waals surface area contributed by atoms with Gasteiger partial charge in [-0.1, -0.05) is 194 Å². The van der Waals surface area contributed by atoms with Crippen LogP contribution in [0.3, 0.4) is 0 Å². The van der Waals surface area contributed by atoms with Gasteiger partial charge in [0.15, 0.2) is 0 Å². The zero-order valence-corrected chi connectivity index (χ0v) is 33.4. The molecule has 1 heterocycles. The summed E-state index contributed by atoms with van der Waals surface area (Å²) in [7, 11) is 0. The maximum absolute atomic E-state index is 6.74. The predicted octanol–water partition coefficient (Wildman–Crippen LogP) is 15.9. The zero-order chi connectivity index (χ0) is 40.3. The second-order valence-electron chi connectivity index (χ2n) is 16.0. The maximum atomic E-state index is 6.74. The smallest absolute Gasteiger partial charge is 0.143 e. The molecule has 10 aromatic carbocycles. The maximum Gasteiger partial charge on any atom is 0.143 e. The Labute approximate surface area is 355 Å². The molecule has 1 aliphatic carbocycles. The lowest BCUT2D eigenvalue weighted by atomic mass is 9.68. The third kappa shape index (κ3) is 5.50. The summed E-state index contributed by atoms with van der Waals surface area (Å²) < 4.78 is 6.74. The SMILES string of the molecule is c1ccc(-c2ccc(N(c3ccc(-c4cccc5c4oc4c6ccccc6ccc54)cc3)c3ccc(C4(c5ccccc5)c5ccccc5-c5ccccc54)cc3)cc2)cc1. The van der Waals surface area contributed by atoms with Gasteiger partial charge in [0, 0.05) is 38.8 Å². The van der Waals surface area contributed by atoms with Gasteiger partial charge in [-0.25, -0.2) is 0 Å². The molecule has 2 heteroatoms. The average molecular weight is 778 g/mol. The molecule has 0 spiro atoms. The van der Waals surface area contributed by atoms with Gasteiger partial charge in [-0.2, -0.15) is 0 Å². The van der Waals surface area contributed by atoms with Crippen molar-refractivity contribution in [3.63, 3.8) is 0 Å². The van der Waals surface area contributed by atoms with Crippen LogP contribution in [-0.2, 0) is 5.41 Å². The van der Waals surface area contributed by atoms with E-state index in [0.717, 1.165) is 55.5 Å². The van der Waals surface area contributed by atoms with Crippen LogP contribution in [0, 0.1) is 0 Å². The minimum Gasteiger partial charge on any atom is -0.455 e. The topological polar surface area (TPSA) is 16.4 Å². The van der Waals surface area contributed by atoms with Crippen LogP contribution in [0.2, 0.25) is 0 Å². The van der Waals surface area contributed by atoms with Gasteiger partial charge in [-0.05, 0) is 97.9 Å². The first-order chi connectivity index (χ1) is 30.3. The van der Waals surface area contributed by atoms with Crippen molar-refractivity contribution in [3.05, 3.63) is 259 Å². The minimum absolute atomic E-state index is 0.458. The lowest BCUT2D eigenvalue weighted by Crippen LogP contribution is -2.28. The number of anilines is 3. The Morgan fingerprint density at radius 2 is 0.770 bits per heavy atom. The largest absolute Gasteiger partial charge is 0.455 e. The lowest BCUT2D eigenvalue weighted by Gasteiger charge is -2.34. The summed E-state index contributed by atoms with van der Waals surface area (Å²) in [6.07, 6.45) is 0. The van der Waals surface area contributed by atoms with Gasteiger partial charge in [-0.15, -0.1) is 0 Å². The molecule has 0 aliphatic heterocycles. The van der Waals surface area contributed by atoms with E-state index >= 15 is 0 Å². The van der Waals surface area contributed by atoms with E-state index < -0.39 is 5.41 Å². The van der Waals surface area contributed by atoms with Gasteiger partial charge in [0.1, 0.15) is 11.2 Å². The number of hydrogen-bond donors (Lipinski definition) is 0. The van der Waals surface area contributed by atoms with Gasteiger partial charge >= 0.3 is 0 Å². The van der Waals surface area contributed by atoms with E-state index in [1.54, 1.807) is 0 Å². The van der Waals surface area contributed by atoms with Gasteiger partial charge in [0.25, 0.3) is 0 Å². The summed E-state index contributed by atoms with van der Waals surface area (Å²) in [5, 5.41) is 4.58. The molecule has 11 aromatic rings. The van der Waals surface area contributed by atoms with Gasteiger partial charge in [-0.3, -0.25) is 0 Å². The molecular formula is C59H39NO. The molecule has 286 valence electrons. The minimum atomic E-state index is -0.458. The van der Waals surface area contributed by atoms with Crippen molar-refractivity contribution < 1.29 is 4.42 Å². The van der Waals surface area contributed by atoms with Crippen LogP contribution < -0.4 is 4.90 Å². The molecule has 0 radical (unpaired) electrons. The van der Waals surface area contributed by atoms with Gasteiger partial charge < -0.3 is 9.32 Å². The highest BCUT2D eigenvalue weighted by atomic mass is 16.3. The van der Waals surface area contributed by atoms with Crippen LogP contribution in [0.15, 0.2) is 241 Å². The fraction of sp³-hybridized carbons (Fsp3) is 0.0169. The average Bonchev–Trinajstić information content (AvgIpc) is 3.88. The molecule has 0 saturated heterocycles. The molecule has 0 amide bonds. The molecule has 0 saturated carbocycles. The van der Waals surface area contributed by atoms with E-state index in [1.807, 2.05) is 0 Å². The molecule has 0 atom stereocenters. The number of fused-ring (bicyclic) bond motifs is 8. The van der Waals surface area contributed by atoms with E-state index in [2.05, 4.69) is 241 Å². The first-order valence-corrected chi connectivity index (χ1v) is 21.0. The Morgan fingerprint density at radius 3 is 1.44 bits per heavy atom. The van der Waals surface area contributed by atoms with E-state index in [4.69, 9.17) is 4.42 Å². The normalized spacial score (nSPS) is 12.7. The monoisotopic (exact) mass is 777 g/mol. The third-order valence-corrected chi connectivity index (χ3v) is 12.8. The Kier molecular flexibility index (Phi) is 8.11. The van der Waals surface area contributed by atoms with Crippen LogP contribution in [0.5, 0.6) is 0 Å². The fourth-order valence-electron chi connectivity index (χ4n) is 10.00. The molecule has 0 unspecified atom stereocenters. The van der Waals surface area contributed by atoms with Gasteiger partial charge in [0.05, 0.1) is 5.41 Å². The third-order valence-electron chi connectivity index (χ3n) is 12.8. The van der Waals surface area contributed by atoms with Crippen molar-refractivity contribution in [2.45, 2.75) is 5.41 Å². The Morgan fingerprint density at radius 1 is 0.295 bits per heavy atom. The van der Waals surface area contributed by atoms with Crippen molar-refractivity contribution in [3.8, 4) is 33.4 Å². The molecule has 0 bridgehead atoms. The quantitative estimate of drug-likeness (QED) is 0.160. The Bertz CT molecular complexity index is 3340. The summed E-state index contributed by atoms with van der Waals surface area (Å²) in [4.78, 5) is 2.36. The van der Waals surface area contributed by atoms with Crippen LogP contribution in [0.25, 0.3) is 66.1 Å². The predicted molar refractivity (Wildman–Crippen MR) is 254 cm³/mol. The Hall–Kier alpha value is -7.94.